The van der Waals surface area contributed by atoms with E-state index in [9.17, 15) is 14.9 Å². The van der Waals surface area contributed by atoms with E-state index < -0.39 is 4.92 Å². The van der Waals surface area contributed by atoms with Crippen molar-refractivity contribution in [3.63, 3.8) is 0 Å². The molecule has 0 saturated carbocycles. The molecule has 0 aliphatic rings. The van der Waals surface area contributed by atoms with E-state index in [0.29, 0.717) is 5.69 Å². The van der Waals surface area contributed by atoms with Gasteiger partial charge in [-0.2, -0.15) is 0 Å². The van der Waals surface area contributed by atoms with Crippen molar-refractivity contribution in [1.82, 2.24) is 0 Å². The minimum absolute atomic E-state index is 0.0890. The highest BCUT2D eigenvalue weighted by molar-refractivity contribution is 8.00. The third-order valence-corrected chi connectivity index (χ3v) is 4.07. The number of nitrogens with one attached hydrogen (secondary N) is 1. The van der Waals surface area contributed by atoms with Crippen LogP contribution in [0.4, 0.5) is 11.4 Å². The van der Waals surface area contributed by atoms with Gasteiger partial charge in [0.2, 0.25) is 5.91 Å². The lowest BCUT2D eigenvalue weighted by molar-refractivity contribution is -0.384. The normalized spacial score (nSPS) is 10.2. The van der Waals surface area contributed by atoms with Crippen LogP contribution >= 0.6 is 11.8 Å². The first kappa shape index (κ1) is 16.8. The largest absolute Gasteiger partial charge is 0.494 e. The SMILES string of the molecule is COc1cc([N+](=O)[O-])ccc1NC(=O)CSc1ccc(C)cc1. The Morgan fingerprint density at radius 3 is 2.57 bits per heavy atom. The molecule has 7 heteroatoms. The van der Waals surface area contributed by atoms with Crippen LogP contribution in [-0.4, -0.2) is 23.7 Å². The Morgan fingerprint density at radius 1 is 1.26 bits per heavy atom. The Morgan fingerprint density at radius 2 is 1.96 bits per heavy atom. The first-order valence-electron chi connectivity index (χ1n) is 6.81. The average Bonchev–Trinajstić information content (AvgIpc) is 2.54. The van der Waals surface area contributed by atoms with Crippen molar-refractivity contribution < 1.29 is 14.5 Å². The van der Waals surface area contributed by atoms with Gasteiger partial charge in [-0.15, -0.1) is 11.8 Å². The van der Waals surface area contributed by atoms with E-state index in [0.717, 1.165) is 10.5 Å². The van der Waals surface area contributed by atoms with Gasteiger partial charge in [-0.05, 0) is 25.1 Å². The van der Waals surface area contributed by atoms with Crippen LogP contribution in [0, 0.1) is 17.0 Å². The molecule has 0 unspecified atom stereocenters. The fraction of sp³-hybridized carbons (Fsp3) is 0.188. The molecule has 0 saturated heterocycles. The number of nitro benzene ring substituents is 1. The Bertz CT molecular complexity index is 717. The minimum atomic E-state index is -0.513. The van der Waals surface area contributed by atoms with Gasteiger partial charge in [-0.3, -0.25) is 14.9 Å². The molecule has 2 aromatic carbocycles. The van der Waals surface area contributed by atoms with Gasteiger partial charge >= 0.3 is 0 Å². The second-order valence-corrected chi connectivity index (χ2v) is 5.84. The summed E-state index contributed by atoms with van der Waals surface area (Å²) in [7, 11) is 1.40. The molecule has 0 heterocycles. The van der Waals surface area contributed by atoms with Crippen LogP contribution in [0.15, 0.2) is 47.4 Å². The number of rotatable bonds is 6. The number of amides is 1. The fourth-order valence-corrected chi connectivity index (χ4v) is 2.56. The molecule has 2 rings (SSSR count). The van der Waals surface area contributed by atoms with E-state index in [4.69, 9.17) is 4.74 Å². The number of hydrogen-bond acceptors (Lipinski definition) is 5. The average molecular weight is 332 g/mol. The summed E-state index contributed by atoms with van der Waals surface area (Å²) in [4.78, 5) is 23.3. The number of aryl methyl sites for hydroxylation is 1. The molecule has 0 bridgehead atoms. The Kier molecular flexibility index (Phi) is 5.59. The molecule has 1 N–H and O–H groups in total. The maximum atomic E-state index is 12.0. The zero-order valence-corrected chi connectivity index (χ0v) is 13.6. The molecule has 23 heavy (non-hydrogen) atoms. The summed E-state index contributed by atoms with van der Waals surface area (Å²) in [6, 6.07) is 12.0. The first-order valence-corrected chi connectivity index (χ1v) is 7.80. The monoisotopic (exact) mass is 332 g/mol. The van der Waals surface area contributed by atoms with Crippen molar-refractivity contribution in [2.75, 3.05) is 18.2 Å². The number of methoxy groups -OCH3 is 1. The highest BCUT2D eigenvalue weighted by Crippen LogP contribution is 2.29. The molecule has 120 valence electrons. The zero-order valence-electron chi connectivity index (χ0n) is 12.7. The molecule has 0 aliphatic carbocycles. The van der Waals surface area contributed by atoms with E-state index in [2.05, 4.69) is 5.32 Å². The number of nitro groups is 1. The number of thioether (sulfide) groups is 1. The number of non-ortho nitro benzene ring substituents is 1. The van der Waals surface area contributed by atoms with Crippen molar-refractivity contribution in [2.24, 2.45) is 0 Å². The van der Waals surface area contributed by atoms with E-state index in [-0.39, 0.29) is 23.1 Å². The summed E-state index contributed by atoms with van der Waals surface area (Å²) in [6.07, 6.45) is 0. The van der Waals surface area contributed by atoms with Gasteiger partial charge in [-0.1, -0.05) is 17.7 Å². The van der Waals surface area contributed by atoms with Gasteiger partial charge in [0.25, 0.3) is 5.69 Å². The highest BCUT2D eigenvalue weighted by atomic mass is 32.2. The van der Waals surface area contributed by atoms with Gasteiger partial charge in [0, 0.05) is 11.0 Å². The number of benzene rings is 2. The van der Waals surface area contributed by atoms with Crippen LogP contribution < -0.4 is 10.1 Å². The topological polar surface area (TPSA) is 81.5 Å². The minimum Gasteiger partial charge on any atom is -0.494 e. The maximum absolute atomic E-state index is 12.0. The summed E-state index contributed by atoms with van der Waals surface area (Å²) in [5.41, 5.74) is 1.48. The zero-order chi connectivity index (χ0) is 16.8. The lowest BCUT2D eigenvalue weighted by Crippen LogP contribution is -2.14. The molecule has 1 amide bonds. The van der Waals surface area contributed by atoms with Crippen molar-refractivity contribution in [1.29, 1.82) is 0 Å². The predicted octanol–water partition coefficient (Wildman–Crippen LogP) is 3.64. The van der Waals surface area contributed by atoms with Crippen LogP contribution in [0.3, 0.4) is 0 Å². The van der Waals surface area contributed by atoms with Crippen LogP contribution in [0.2, 0.25) is 0 Å². The van der Waals surface area contributed by atoms with Crippen molar-refractivity contribution in [2.45, 2.75) is 11.8 Å². The Hall–Kier alpha value is -2.54. The number of anilines is 1. The number of carbonyl (C=O) groups excluding carboxylic acids is 1. The maximum Gasteiger partial charge on any atom is 0.273 e. The number of nitrogens with zero attached hydrogens (tertiary/aromatic N) is 1. The Balaban J connectivity index is 1.99. The lowest BCUT2D eigenvalue weighted by Gasteiger charge is -2.10. The molecule has 2 aromatic rings. The summed E-state index contributed by atoms with van der Waals surface area (Å²) < 4.78 is 5.09. The summed E-state index contributed by atoms with van der Waals surface area (Å²) in [6.45, 7) is 2.00. The van der Waals surface area contributed by atoms with E-state index in [1.54, 1.807) is 0 Å². The molecular formula is C16H16N2O4S. The van der Waals surface area contributed by atoms with E-state index in [1.807, 2.05) is 31.2 Å². The highest BCUT2D eigenvalue weighted by Gasteiger charge is 2.13. The van der Waals surface area contributed by atoms with Crippen molar-refractivity contribution in [3.05, 3.63) is 58.1 Å². The lowest BCUT2D eigenvalue weighted by atomic mass is 10.2. The smallest absolute Gasteiger partial charge is 0.273 e. The molecular weight excluding hydrogens is 316 g/mol. The van der Waals surface area contributed by atoms with Crippen LogP contribution in [0.1, 0.15) is 5.56 Å². The number of hydrogen-bond donors (Lipinski definition) is 1. The molecule has 0 fully saturated rings. The van der Waals surface area contributed by atoms with Gasteiger partial charge in [0.05, 0.1) is 29.5 Å². The summed E-state index contributed by atoms with van der Waals surface area (Å²) in [5.74, 6) is 0.291. The molecule has 0 radical (unpaired) electrons. The van der Waals surface area contributed by atoms with Gasteiger partial charge in [-0.25, -0.2) is 0 Å². The van der Waals surface area contributed by atoms with Crippen molar-refractivity contribution >= 4 is 29.0 Å². The molecule has 0 aromatic heterocycles. The van der Waals surface area contributed by atoms with Crippen molar-refractivity contribution in [3.8, 4) is 5.75 Å². The van der Waals surface area contributed by atoms with E-state index in [1.165, 1.54) is 37.1 Å². The molecule has 0 spiro atoms. The molecule has 6 nitrogen and oxygen atoms in total. The number of carbonyl (C=O) groups is 1. The first-order chi connectivity index (χ1) is 11.0. The van der Waals surface area contributed by atoms with Crippen LogP contribution in [-0.2, 0) is 4.79 Å². The fourth-order valence-electron chi connectivity index (χ4n) is 1.87. The predicted molar refractivity (Wildman–Crippen MR) is 90.2 cm³/mol. The van der Waals surface area contributed by atoms with Gasteiger partial charge < -0.3 is 10.1 Å². The Labute approximate surface area is 138 Å². The second kappa shape index (κ2) is 7.64. The van der Waals surface area contributed by atoms with E-state index >= 15 is 0 Å². The molecule has 0 atom stereocenters. The standard InChI is InChI=1S/C16H16N2O4S/c1-11-3-6-13(7-4-11)23-10-16(19)17-14-8-5-12(18(20)21)9-15(14)22-2/h3-9H,10H2,1-2H3,(H,17,19). The third kappa shape index (κ3) is 4.72. The third-order valence-electron chi connectivity index (χ3n) is 3.06. The van der Waals surface area contributed by atoms with Gasteiger partial charge in [0.1, 0.15) is 5.75 Å². The summed E-state index contributed by atoms with van der Waals surface area (Å²) in [5, 5.41) is 13.4. The second-order valence-electron chi connectivity index (χ2n) is 4.79. The quantitative estimate of drug-likeness (QED) is 0.496. The van der Waals surface area contributed by atoms with Crippen LogP contribution in [0.5, 0.6) is 5.75 Å². The number of ether oxygens (including phenoxy) is 1. The molecule has 0 aliphatic heterocycles. The van der Waals surface area contributed by atoms with Crippen LogP contribution in [0.25, 0.3) is 0 Å². The van der Waals surface area contributed by atoms with Gasteiger partial charge in [0.15, 0.2) is 0 Å². The summed E-state index contributed by atoms with van der Waals surface area (Å²) >= 11 is 1.42.